The lowest BCUT2D eigenvalue weighted by Gasteiger charge is -2.15. The number of aliphatic hydroxyl groups is 1. The fourth-order valence-electron chi connectivity index (χ4n) is 3.40. The number of anilines is 2. The molecule has 4 aromatic rings. The minimum absolute atomic E-state index is 0.0385. The Balaban J connectivity index is 1.76. The average Bonchev–Trinajstić information content (AvgIpc) is 3.25. The van der Waals surface area contributed by atoms with Crippen molar-refractivity contribution in [1.82, 2.24) is 15.0 Å². The Morgan fingerprint density at radius 2 is 1.97 bits per heavy atom. The fraction of sp³-hybridized carbons (Fsp3) is 0.125. The van der Waals surface area contributed by atoms with Crippen molar-refractivity contribution in [3.05, 3.63) is 82.6 Å². The summed E-state index contributed by atoms with van der Waals surface area (Å²) >= 11 is 0. The van der Waals surface area contributed by atoms with E-state index in [-0.39, 0.29) is 6.61 Å². The van der Waals surface area contributed by atoms with Crippen molar-refractivity contribution >= 4 is 34.4 Å². The Hall–Kier alpha value is -3.95. The van der Waals surface area contributed by atoms with E-state index in [0.29, 0.717) is 11.3 Å². The zero-order chi connectivity index (χ0) is 21.1. The summed E-state index contributed by atoms with van der Waals surface area (Å²) in [6, 6.07) is 12.0. The minimum atomic E-state index is -0.0385. The first-order valence-electron chi connectivity index (χ1n) is 9.58. The number of H-pyrrole nitrogens is 1. The second-order valence-electron chi connectivity index (χ2n) is 7.04. The van der Waals surface area contributed by atoms with Gasteiger partial charge in [-0.2, -0.15) is 5.26 Å². The summed E-state index contributed by atoms with van der Waals surface area (Å²) in [5.74, 6) is 0. The molecule has 0 aliphatic carbocycles. The van der Waals surface area contributed by atoms with Gasteiger partial charge in [-0.3, -0.25) is 9.97 Å². The summed E-state index contributed by atoms with van der Waals surface area (Å²) in [6.45, 7) is 3.93. The molecular formula is C24H21N5O. The lowest BCUT2D eigenvalue weighted by molar-refractivity contribution is 0.281. The Labute approximate surface area is 174 Å². The van der Waals surface area contributed by atoms with Crippen molar-refractivity contribution in [2.24, 2.45) is 0 Å². The van der Waals surface area contributed by atoms with Gasteiger partial charge in [-0.25, -0.2) is 0 Å². The molecule has 30 heavy (non-hydrogen) atoms. The van der Waals surface area contributed by atoms with Crippen LogP contribution in [0.4, 0.5) is 11.4 Å². The third-order valence-electron chi connectivity index (χ3n) is 5.15. The van der Waals surface area contributed by atoms with Crippen molar-refractivity contribution in [1.29, 1.82) is 5.26 Å². The molecule has 0 bridgehead atoms. The van der Waals surface area contributed by atoms with E-state index in [1.54, 1.807) is 12.4 Å². The number of nitrogens with zero attached hydrogens (tertiary/aromatic N) is 3. The molecule has 1 aromatic carbocycles. The number of fused-ring (bicyclic) bond motifs is 1. The standard InChI is InChI=1S/C24H21N5O/c1-15-20-9-10-26-23(20)8-7-22(15)29-24-18(11-25)13-27-16(2)21(24)6-5-19-4-3-17(14-30)12-28-19/h3-10,12-13,26,30H,14H2,1-2H3,(H,27,29). The van der Waals surface area contributed by atoms with E-state index in [1.807, 2.05) is 55.6 Å². The molecule has 6 heteroatoms. The molecule has 148 valence electrons. The second-order valence-corrected chi connectivity index (χ2v) is 7.04. The number of nitrogens with one attached hydrogen (secondary N) is 2. The first-order valence-corrected chi connectivity index (χ1v) is 9.58. The van der Waals surface area contributed by atoms with E-state index in [1.165, 1.54) is 0 Å². The first kappa shape index (κ1) is 19.4. The lowest BCUT2D eigenvalue weighted by atomic mass is 10.0. The number of aromatic nitrogens is 3. The highest BCUT2D eigenvalue weighted by Crippen LogP contribution is 2.32. The normalized spacial score (nSPS) is 11.1. The van der Waals surface area contributed by atoms with Crippen LogP contribution in [0.3, 0.4) is 0 Å². The van der Waals surface area contributed by atoms with Crippen LogP contribution in [0.15, 0.2) is 48.9 Å². The molecule has 3 N–H and O–H groups in total. The molecule has 3 aromatic heterocycles. The quantitative estimate of drug-likeness (QED) is 0.449. The summed E-state index contributed by atoms with van der Waals surface area (Å²) in [5.41, 5.74) is 7.44. The number of nitriles is 1. The first-order chi connectivity index (χ1) is 14.6. The molecule has 0 aliphatic rings. The SMILES string of the molecule is Cc1ncc(C#N)c(Nc2ccc3[nH]ccc3c2C)c1C=Cc1ccc(CO)cn1. The summed E-state index contributed by atoms with van der Waals surface area (Å²) in [5, 5.41) is 23.4. The molecule has 0 saturated heterocycles. The van der Waals surface area contributed by atoms with Crippen molar-refractivity contribution in [3.8, 4) is 6.07 Å². The van der Waals surface area contributed by atoms with E-state index >= 15 is 0 Å². The highest BCUT2D eigenvalue weighted by atomic mass is 16.3. The van der Waals surface area contributed by atoms with E-state index in [9.17, 15) is 10.4 Å². The highest BCUT2D eigenvalue weighted by molar-refractivity contribution is 5.90. The van der Waals surface area contributed by atoms with E-state index in [4.69, 9.17) is 0 Å². The van der Waals surface area contributed by atoms with Crippen LogP contribution in [0, 0.1) is 25.2 Å². The summed E-state index contributed by atoms with van der Waals surface area (Å²) < 4.78 is 0. The van der Waals surface area contributed by atoms with Crippen molar-refractivity contribution in [2.75, 3.05) is 5.32 Å². The number of aryl methyl sites for hydroxylation is 2. The predicted octanol–water partition coefficient (Wildman–Crippen LogP) is 4.85. The topological polar surface area (TPSA) is 97.6 Å². The Morgan fingerprint density at radius 3 is 2.70 bits per heavy atom. The van der Waals surface area contributed by atoms with Crippen molar-refractivity contribution < 1.29 is 5.11 Å². The lowest BCUT2D eigenvalue weighted by Crippen LogP contribution is -2.02. The number of rotatable bonds is 5. The summed E-state index contributed by atoms with van der Waals surface area (Å²) in [7, 11) is 0. The molecule has 4 rings (SSSR count). The van der Waals surface area contributed by atoms with Gasteiger partial charge in [-0.15, -0.1) is 0 Å². The number of aromatic amines is 1. The second kappa shape index (κ2) is 8.19. The van der Waals surface area contributed by atoms with Gasteiger partial charge in [0, 0.05) is 46.4 Å². The third-order valence-corrected chi connectivity index (χ3v) is 5.15. The van der Waals surface area contributed by atoms with Gasteiger partial charge in [0.2, 0.25) is 0 Å². The van der Waals surface area contributed by atoms with Crippen molar-refractivity contribution in [3.63, 3.8) is 0 Å². The smallest absolute Gasteiger partial charge is 0.103 e. The van der Waals surface area contributed by atoms with Crippen LogP contribution >= 0.6 is 0 Å². The van der Waals surface area contributed by atoms with Crippen LogP contribution in [0.2, 0.25) is 0 Å². The molecule has 0 saturated carbocycles. The van der Waals surface area contributed by atoms with Crippen LogP contribution in [0.5, 0.6) is 0 Å². The van der Waals surface area contributed by atoms with Crippen LogP contribution in [-0.4, -0.2) is 20.1 Å². The molecule has 6 nitrogen and oxygen atoms in total. The Kier molecular flexibility index (Phi) is 5.29. The summed E-state index contributed by atoms with van der Waals surface area (Å²) in [4.78, 5) is 11.9. The molecule has 0 atom stereocenters. The largest absolute Gasteiger partial charge is 0.392 e. The molecule has 0 fully saturated rings. The Morgan fingerprint density at radius 1 is 1.10 bits per heavy atom. The molecule has 0 spiro atoms. The van der Waals surface area contributed by atoms with Crippen LogP contribution in [-0.2, 0) is 6.61 Å². The van der Waals surface area contributed by atoms with Crippen LogP contribution < -0.4 is 5.32 Å². The summed E-state index contributed by atoms with van der Waals surface area (Å²) in [6.07, 6.45) is 8.94. The number of pyridine rings is 2. The molecule has 0 aliphatic heterocycles. The van der Waals surface area contributed by atoms with E-state index < -0.39 is 0 Å². The van der Waals surface area contributed by atoms with Gasteiger partial charge in [0.15, 0.2) is 0 Å². The maximum atomic E-state index is 9.67. The Bertz CT molecular complexity index is 1280. The van der Waals surface area contributed by atoms with Crippen LogP contribution in [0.25, 0.3) is 23.1 Å². The van der Waals surface area contributed by atoms with E-state index in [0.717, 1.165) is 44.7 Å². The number of hydrogen-bond donors (Lipinski definition) is 3. The maximum Gasteiger partial charge on any atom is 0.103 e. The number of hydrogen-bond acceptors (Lipinski definition) is 5. The maximum absolute atomic E-state index is 9.67. The fourth-order valence-corrected chi connectivity index (χ4v) is 3.40. The molecular weight excluding hydrogens is 374 g/mol. The molecule has 0 amide bonds. The van der Waals surface area contributed by atoms with Gasteiger partial charge < -0.3 is 15.4 Å². The molecule has 0 unspecified atom stereocenters. The zero-order valence-electron chi connectivity index (χ0n) is 16.8. The average molecular weight is 395 g/mol. The van der Waals surface area contributed by atoms with Gasteiger partial charge in [0.25, 0.3) is 0 Å². The molecule has 0 radical (unpaired) electrons. The van der Waals surface area contributed by atoms with Gasteiger partial charge in [0.05, 0.1) is 23.6 Å². The molecule has 3 heterocycles. The highest BCUT2D eigenvalue weighted by Gasteiger charge is 2.13. The minimum Gasteiger partial charge on any atom is -0.392 e. The van der Waals surface area contributed by atoms with Gasteiger partial charge in [-0.05, 0) is 61.4 Å². The van der Waals surface area contributed by atoms with Gasteiger partial charge in [-0.1, -0.05) is 6.07 Å². The van der Waals surface area contributed by atoms with E-state index in [2.05, 4.69) is 33.3 Å². The number of benzene rings is 1. The monoisotopic (exact) mass is 395 g/mol. The van der Waals surface area contributed by atoms with Crippen LogP contribution in [0.1, 0.15) is 33.6 Å². The van der Waals surface area contributed by atoms with Gasteiger partial charge >= 0.3 is 0 Å². The van der Waals surface area contributed by atoms with Crippen molar-refractivity contribution in [2.45, 2.75) is 20.5 Å². The van der Waals surface area contributed by atoms with Gasteiger partial charge in [0.1, 0.15) is 6.07 Å². The predicted molar refractivity (Wildman–Crippen MR) is 119 cm³/mol. The zero-order valence-corrected chi connectivity index (χ0v) is 16.8. The number of aliphatic hydroxyl groups excluding tert-OH is 1. The third kappa shape index (κ3) is 3.66.